The largest absolute Gasteiger partial charge is 0.481 e. The maximum atomic E-state index is 11.8. The van der Waals surface area contributed by atoms with Gasteiger partial charge in [-0.15, -0.1) is 11.3 Å². The Balaban J connectivity index is 2.58. The number of carbonyl (C=O) groups is 2. The summed E-state index contributed by atoms with van der Waals surface area (Å²) in [6, 6.07) is 3.20. The molecule has 0 aliphatic carbocycles. The molecule has 0 aliphatic rings. The fraction of sp³-hybridized carbons (Fsp3) is 0.538. The van der Waals surface area contributed by atoms with Crippen LogP contribution in [0.3, 0.4) is 0 Å². The summed E-state index contributed by atoms with van der Waals surface area (Å²) in [6.07, 6.45) is 0.742. The monoisotopic (exact) mass is 284 g/mol. The zero-order chi connectivity index (χ0) is 14.5. The lowest BCUT2D eigenvalue weighted by molar-refractivity contribution is -0.137. The van der Waals surface area contributed by atoms with Crippen molar-refractivity contribution in [3.63, 3.8) is 0 Å². The van der Waals surface area contributed by atoms with E-state index < -0.39 is 17.6 Å². The van der Waals surface area contributed by atoms with E-state index in [0.717, 1.165) is 4.88 Å². The molecule has 1 aromatic heterocycles. The summed E-state index contributed by atoms with van der Waals surface area (Å²) in [7, 11) is 0. The summed E-state index contributed by atoms with van der Waals surface area (Å²) < 4.78 is 0. The maximum Gasteiger partial charge on any atom is 0.305 e. The van der Waals surface area contributed by atoms with Crippen molar-refractivity contribution in [3.05, 3.63) is 22.4 Å². The highest BCUT2D eigenvalue weighted by atomic mass is 32.1. The number of thiophene rings is 1. The van der Waals surface area contributed by atoms with Gasteiger partial charge in [-0.1, -0.05) is 6.07 Å². The molecule has 6 heteroatoms. The molecule has 0 radical (unpaired) electrons. The van der Waals surface area contributed by atoms with E-state index in [1.165, 1.54) is 11.3 Å². The molecule has 0 saturated carbocycles. The summed E-state index contributed by atoms with van der Waals surface area (Å²) in [6.45, 7) is 3.71. The van der Waals surface area contributed by atoms with Crippen molar-refractivity contribution in [2.45, 2.75) is 44.7 Å². The van der Waals surface area contributed by atoms with E-state index in [1.807, 2.05) is 31.4 Å². The van der Waals surface area contributed by atoms with Crippen LogP contribution in [-0.4, -0.2) is 22.5 Å². The lowest BCUT2D eigenvalue weighted by Crippen LogP contribution is -2.35. The molecular formula is C13H20N2O3S. The van der Waals surface area contributed by atoms with Crippen LogP contribution in [0.15, 0.2) is 17.5 Å². The Hall–Kier alpha value is -1.40. The summed E-state index contributed by atoms with van der Waals surface area (Å²) in [4.78, 5) is 23.5. The number of carboxylic acids is 1. The first kappa shape index (κ1) is 15.7. The standard InChI is InChI=1S/C13H20N2O3S/c1-13(2,14)6-5-11(16)15-9(8-12(17)18)10-4-3-7-19-10/h3-4,7,9H,5-6,8,14H2,1-2H3,(H,15,16)(H,17,18). The van der Waals surface area contributed by atoms with Gasteiger partial charge in [-0.3, -0.25) is 9.59 Å². The Labute approximate surface area is 116 Å². The van der Waals surface area contributed by atoms with Gasteiger partial charge in [0.1, 0.15) is 0 Å². The zero-order valence-corrected chi connectivity index (χ0v) is 12.0. The lowest BCUT2D eigenvalue weighted by Gasteiger charge is -2.20. The number of aliphatic carboxylic acids is 1. The second-order valence-electron chi connectivity index (χ2n) is 5.22. The van der Waals surface area contributed by atoms with Gasteiger partial charge in [0, 0.05) is 16.8 Å². The summed E-state index contributed by atoms with van der Waals surface area (Å²) in [5.41, 5.74) is 5.42. The lowest BCUT2D eigenvalue weighted by atomic mass is 9.99. The van der Waals surface area contributed by atoms with E-state index in [-0.39, 0.29) is 12.3 Å². The Morgan fingerprint density at radius 2 is 2.21 bits per heavy atom. The van der Waals surface area contributed by atoms with Crippen LogP contribution in [0.4, 0.5) is 0 Å². The second kappa shape index (κ2) is 6.68. The van der Waals surface area contributed by atoms with Crippen LogP contribution in [0.2, 0.25) is 0 Å². The molecule has 5 nitrogen and oxygen atoms in total. The molecule has 4 N–H and O–H groups in total. The van der Waals surface area contributed by atoms with Crippen LogP contribution in [0.25, 0.3) is 0 Å². The minimum Gasteiger partial charge on any atom is -0.481 e. The molecule has 19 heavy (non-hydrogen) atoms. The van der Waals surface area contributed by atoms with Gasteiger partial charge >= 0.3 is 5.97 Å². The van der Waals surface area contributed by atoms with Crippen molar-refractivity contribution in [1.29, 1.82) is 0 Å². The molecule has 0 fully saturated rings. The van der Waals surface area contributed by atoms with Gasteiger partial charge in [-0.2, -0.15) is 0 Å². The highest BCUT2D eigenvalue weighted by Gasteiger charge is 2.20. The molecule has 0 spiro atoms. The molecule has 1 amide bonds. The number of hydrogen-bond acceptors (Lipinski definition) is 4. The van der Waals surface area contributed by atoms with E-state index in [9.17, 15) is 9.59 Å². The van der Waals surface area contributed by atoms with Crippen molar-refractivity contribution in [2.24, 2.45) is 5.73 Å². The quantitative estimate of drug-likeness (QED) is 0.713. The van der Waals surface area contributed by atoms with E-state index in [0.29, 0.717) is 12.8 Å². The van der Waals surface area contributed by atoms with Crippen LogP contribution in [-0.2, 0) is 9.59 Å². The first-order chi connectivity index (χ1) is 8.78. The zero-order valence-electron chi connectivity index (χ0n) is 11.2. The second-order valence-corrected chi connectivity index (χ2v) is 6.20. The number of rotatable bonds is 7. The maximum absolute atomic E-state index is 11.8. The SMILES string of the molecule is CC(C)(N)CCC(=O)NC(CC(=O)O)c1cccs1. The number of amides is 1. The molecule has 1 aromatic rings. The number of carboxylic acid groups (broad SMARTS) is 1. The Morgan fingerprint density at radius 3 is 2.68 bits per heavy atom. The van der Waals surface area contributed by atoms with E-state index in [4.69, 9.17) is 10.8 Å². The van der Waals surface area contributed by atoms with Crippen LogP contribution in [0, 0.1) is 0 Å². The topological polar surface area (TPSA) is 92.4 Å². The van der Waals surface area contributed by atoms with E-state index in [1.54, 1.807) is 0 Å². The molecule has 0 bridgehead atoms. The highest BCUT2D eigenvalue weighted by Crippen LogP contribution is 2.22. The van der Waals surface area contributed by atoms with Gasteiger partial charge in [-0.25, -0.2) is 0 Å². The van der Waals surface area contributed by atoms with E-state index in [2.05, 4.69) is 5.32 Å². The average Bonchev–Trinajstić information content (AvgIpc) is 2.77. The fourth-order valence-corrected chi connectivity index (χ4v) is 2.37. The van der Waals surface area contributed by atoms with Crippen molar-refractivity contribution < 1.29 is 14.7 Å². The molecule has 1 atom stereocenters. The van der Waals surface area contributed by atoms with Crippen LogP contribution in [0.1, 0.15) is 44.0 Å². The third-order valence-electron chi connectivity index (χ3n) is 2.60. The normalized spacial score (nSPS) is 13.0. The van der Waals surface area contributed by atoms with Crippen molar-refractivity contribution in [2.75, 3.05) is 0 Å². The Bertz CT molecular complexity index is 424. The van der Waals surface area contributed by atoms with Crippen LogP contribution < -0.4 is 11.1 Å². The summed E-state index contributed by atoms with van der Waals surface area (Å²) in [5, 5.41) is 13.5. The molecule has 1 rings (SSSR count). The first-order valence-corrected chi connectivity index (χ1v) is 6.99. The van der Waals surface area contributed by atoms with Gasteiger partial charge in [0.25, 0.3) is 0 Å². The number of hydrogen-bond donors (Lipinski definition) is 3. The third-order valence-corrected chi connectivity index (χ3v) is 3.58. The van der Waals surface area contributed by atoms with E-state index >= 15 is 0 Å². The Morgan fingerprint density at radius 1 is 1.53 bits per heavy atom. The number of nitrogens with two attached hydrogens (primary N) is 1. The Kier molecular flexibility index (Phi) is 5.50. The van der Waals surface area contributed by atoms with Gasteiger partial charge in [0.15, 0.2) is 0 Å². The van der Waals surface area contributed by atoms with Gasteiger partial charge in [0.2, 0.25) is 5.91 Å². The molecule has 0 aliphatic heterocycles. The third kappa shape index (κ3) is 6.35. The van der Waals surface area contributed by atoms with Gasteiger partial charge < -0.3 is 16.2 Å². The summed E-state index contributed by atoms with van der Waals surface area (Å²) >= 11 is 1.44. The van der Waals surface area contributed by atoms with Crippen molar-refractivity contribution in [1.82, 2.24) is 5.32 Å². The highest BCUT2D eigenvalue weighted by molar-refractivity contribution is 7.10. The molecular weight excluding hydrogens is 264 g/mol. The van der Waals surface area contributed by atoms with Crippen LogP contribution >= 0.6 is 11.3 Å². The van der Waals surface area contributed by atoms with Crippen molar-refractivity contribution in [3.8, 4) is 0 Å². The number of carbonyl (C=O) groups excluding carboxylic acids is 1. The predicted octanol–water partition coefficient (Wildman–Crippen LogP) is 1.90. The summed E-state index contributed by atoms with van der Waals surface area (Å²) in [5.74, 6) is -1.10. The predicted molar refractivity (Wildman–Crippen MR) is 75.0 cm³/mol. The van der Waals surface area contributed by atoms with Gasteiger partial charge in [-0.05, 0) is 31.7 Å². The minimum absolute atomic E-state index is 0.113. The first-order valence-electron chi connectivity index (χ1n) is 6.11. The molecule has 106 valence electrons. The van der Waals surface area contributed by atoms with Gasteiger partial charge in [0.05, 0.1) is 12.5 Å². The smallest absolute Gasteiger partial charge is 0.305 e. The van der Waals surface area contributed by atoms with Crippen molar-refractivity contribution >= 4 is 23.2 Å². The van der Waals surface area contributed by atoms with Crippen LogP contribution in [0.5, 0.6) is 0 Å². The fourth-order valence-electron chi connectivity index (χ4n) is 1.59. The number of nitrogens with one attached hydrogen (secondary N) is 1. The molecule has 1 unspecified atom stereocenters. The molecule has 0 aromatic carbocycles. The average molecular weight is 284 g/mol. The molecule has 1 heterocycles. The molecule has 0 saturated heterocycles. The minimum atomic E-state index is -0.933.